The third kappa shape index (κ3) is 4.10. The minimum atomic E-state index is -0.465. The molecule has 1 atom stereocenters. The number of rotatable bonds is 5. The molecule has 0 fully saturated rings. The Hall–Kier alpha value is -1.28. The third-order valence-corrected chi connectivity index (χ3v) is 1.77. The molecule has 14 heavy (non-hydrogen) atoms. The molecule has 1 aromatic rings. The maximum atomic E-state index is 9.50. The molecule has 0 saturated carbocycles. The molecule has 0 saturated heterocycles. The molecule has 0 amide bonds. The van der Waals surface area contributed by atoms with Crippen molar-refractivity contribution in [1.82, 2.24) is 0 Å². The summed E-state index contributed by atoms with van der Waals surface area (Å²) in [5.74, 6) is 0.785. The fraction of sp³-hybridized carbons (Fsp3) is 0.333. The molecule has 0 spiro atoms. The van der Waals surface area contributed by atoms with Gasteiger partial charge in [0.15, 0.2) is 0 Å². The van der Waals surface area contributed by atoms with Gasteiger partial charge in [0.1, 0.15) is 12.4 Å². The van der Waals surface area contributed by atoms with Gasteiger partial charge >= 0.3 is 0 Å². The predicted molar refractivity (Wildman–Crippen MR) is 57.4 cm³/mol. The molecule has 0 aliphatic rings. The van der Waals surface area contributed by atoms with E-state index in [-0.39, 0.29) is 0 Å². The second-order valence-electron chi connectivity index (χ2n) is 3.44. The molecule has 0 aromatic heterocycles. The van der Waals surface area contributed by atoms with E-state index in [1.165, 1.54) is 0 Å². The molecule has 76 valence electrons. The fourth-order valence-electron chi connectivity index (χ4n) is 1.17. The smallest absolute Gasteiger partial charge is 0.119 e. The maximum absolute atomic E-state index is 9.50. The van der Waals surface area contributed by atoms with Gasteiger partial charge in [-0.15, -0.1) is 6.58 Å². The van der Waals surface area contributed by atoms with E-state index in [1.807, 2.05) is 37.3 Å². The average molecular weight is 192 g/mol. The summed E-state index contributed by atoms with van der Waals surface area (Å²) in [6.07, 6.45) is 0.125. The maximum Gasteiger partial charge on any atom is 0.119 e. The Labute approximate surface area is 84.8 Å². The lowest BCUT2D eigenvalue weighted by atomic mass is 10.1. The van der Waals surface area contributed by atoms with Crippen molar-refractivity contribution < 1.29 is 9.84 Å². The van der Waals surface area contributed by atoms with Crippen molar-refractivity contribution in [3.05, 3.63) is 42.5 Å². The van der Waals surface area contributed by atoms with Gasteiger partial charge in [-0.2, -0.15) is 0 Å². The molecule has 0 unspecified atom stereocenters. The van der Waals surface area contributed by atoms with Gasteiger partial charge in [-0.05, 0) is 25.5 Å². The van der Waals surface area contributed by atoms with Crippen LogP contribution in [0.2, 0.25) is 0 Å². The number of ether oxygens (including phenoxy) is 1. The van der Waals surface area contributed by atoms with Crippen LogP contribution in [0.5, 0.6) is 5.75 Å². The van der Waals surface area contributed by atoms with Crippen LogP contribution in [-0.2, 0) is 0 Å². The monoisotopic (exact) mass is 192 g/mol. The minimum Gasteiger partial charge on any atom is -0.491 e. The van der Waals surface area contributed by atoms with Crippen LogP contribution in [-0.4, -0.2) is 17.8 Å². The van der Waals surface area contributed by atoms with Crippen LogP contribution >= 0.6 is 0 Å². The lowest BCUT2D eigenvalue weighted by Crippen LogP contribution is -2.17. The van der Waals surface area contributed by atoms with Crippen molar-refractivity contribution in [2.24, 2.45) is 0 Å². The van der Waals surface area contributed by atoms with Crippen molar-refractivity contribution in [2.75, 3.05) is 6.61 Å². The summed E-state index contributed by atoms with van der Waals surface area (Å²) >= 11 is 0. The highest BCUT2D eigenvalue weighted by Crippen LogP contribution is 2.10. The summed E-state index contributed by atoms with van der Waals surface area (Å²) in [6.45, 7) is 5.95. The third-order valence-electron chi connectivity index (χ3n) is 1.77. The highest BCUT2D eigenvalue weighted by atomic mass is 16.5. The number of hydrogen-bond acceptors (Lipinski definition) is 2. The molecule has 1 N–H and O–H groups in total. The Morgan fingerprint density at radius 2 is 2.07 bits per heavy atom. The number of para-hydroxylation sites is 1. The summed E-state index contributed by atoms with van der Waals surface area (Å²) in [6, 6.07) is 9.47. The standard InChI is InChI=1S/C12H16O2/c1-10(2)8-11(13)9-14-12-6-4-3-5-7-12/h3-7,11,13H,1,8-9H2,2H3/t11-/m0/s1. The number of aliphatic hydroxyl groups is 1. The van der Waals surface area contributed by atoms with Crippen LogP contribution in [0.15, 0.2) is 42.5 Å². The Bertz CT molecular complexity index is 280. The van der Waals surface area contributed by atoms with Crippen LogP contribution < -0.4 is 4.74 Å². The van der Waals surface area contributed by atoms with Gasteiger partial charge in [0.2, 0.25) is 0 Å². The molecule has 0 heterocycles. The normalized spacial score (nSPS) is 12.1. The quantitative estimate of drug-likeness (QED) is 0.726. The van der Waals surface area contributed by atoms with Crippen molar-refractivity contribution in [3.63, 3.8) is 0 Å². The van der Waals surface area contributed by atoms with E-state index in [4.69, 9.17) is 4.74 Å². The van der Waals surface area contributed by atoms with Gasteiger partial charge in [0.05, 0.1) is 6.10 Å². The second kappa shape index (κ2) is 5.45. The zero-order chi connectivity index (χ0) is 10.4. The first-order chi connectivity index (χ1) is 6.68. The zero-order valence-electron chi connectivity index (χ0n) is 8.44. The summed E-state index contributed by atoms with van der Waals surface area (Å²) in [4.78, 5) is 0. The Kier molecular flexibility index (Phi) is 4.20. The first-order valence-electron chi connectivity index (χ1n) is 4.69. The first kappa shape index (κ1) is 10.8. The van der Waals surface area contributed by atoms with Crippen LogP contribution in [0, 0.1) is 0 Å². The van der Waals surface area contributed by atoms with E-state index < -0.39 is 6.10 Å². The van der Waals surface area contributed by atoms with E-state index in [0.717, 1.165) is 11.3 Å². The van der Waals surface area contributed by atoms with Gasteiger partial charge in [0.25, 0.3) is 0 Å². The molecule has 0 bridgehead atoms. The van der Waals surface area contributed by atoms with Crippen LogP contribution in [0.1, 0.15) is 13.3 Å². The molecule has 1 rings (SSSR count). The molecule has 0 radical (unpaired) electrons. The van der Waals surface area contributed by atoms with Crippen LogP contribution in [0.25, 0.3) is 0 Å². The van der Waals surface area contributed by atoms with E-state index in [1.54, 1.807) is 0 Å². The molecular formula is C12H16O2. The van der Waals surface area contributed by atoms with Gasteiger partial charge < -0.3 is 9.84 Å². The Balaban J connectivity index is 2.30. The van der Waals surface area contributed by atoms with E-state index in [2.05, 4.69) is 6.58 Å². The van der Waals surface area contributed by atoms with E-state index in [0.29, 0.717) is 13.0 Å². The molecular weight excluding hydrogens is 176 g/mol. The van der Waals surface area contributed by atoms with Crippen LogP contribution in [0.3, 0.4) is 0 Å². The summed E-state index contributed by atoms with van der Waals surface area (Å²) in [5, 5.41) is 9.50. The molecule has 0 aliphatic carbocycles. The van der Waals surface area contributed by atoms with E-state index in [9.17, 15) is 5.11 Å². The average Bonchev–Trinajstić information content (AvgIpc) is 2.15. The Morgan fingerprint density at radius 3 is 2.64 bits per heavy atom. The summed E-state index contributed by atoms with van der Waals surface area (Å²) < 4.78 is 5.38. The Morgan fingerprint density at radius 1 is 1.43 bits per heavy atom. The van der Waals surface area contributed by atoms with Crippen molar-refractivity contribution >= 4 is 0 Å². The summed E-state index contributed by atoms with van der Waals surface area (Å²) in [5.41, 5.74) is 0.967. The largest absolute Gasteiger partial charge is 0.491 e. The lowest BCUT2D eigenvalue weighted by molar-refractivity contribution is 0.108. The van der Waals surface area contributed by atoms with Crippen LogP contribution in [0.4, 0.5) is 0 Å². The SMILES string of the molecule is C=C(C)C[C@H](O)COc1ccccc1. The lowest BCUT2D eigenvalue weighted by Gasteiger charge is -2.11. The van der Waals surface area contributed by atoms with E-state index >= 15 is 0 Å². The highest BCUT2D eigenvalue weighted by molar-refractivity contribution is 5.20. The van der Waals surface area contributed by atoms with Crippen molar-refractivity contribution in [3.8, 4) is 5.75 Å². The topological polar surface area (TPSA) is 29.5 Å². The number of aliphatic hydroxyl groups excluding tert-OH is 1. The first-order valence-corrected chi connectivity index (χ1v) is 4.69. The fourth-order valence-corrected chi connectivity index (χ4v) is 1.17. The number of hydrogen-bond donors (Lipinski definition) is 1. The second-order valence-corrected chi connectivity index (χ2v) is 3.44. The van der Waals surface area contributed by atoms with Gasteiger partial charge in [-0.25, -0.2) is 0 Å². The van der Waals surface area contributed by atoms with Gasteiger partial charge in [0, 0.05) is 0 Å². The number of benzene rings is 1. The van der Waals surface area contributed by atoms with Crippen molar-refractivity contribution in [1.29, 1.82) is 0 Å². The van der Waals surface area contributed by atoms with Crippen molar-refractivity contribution in [2.45, 2.75) is 19.4 Å². The molecule has 0 aliphatic heterocycles. The zero-order valence-corrected chi connectivity index (χ0v) is 8.44. The van der Waals surface area contributed by atoms with Gasteiger partial charge in [-0.3, -0.25) is 0 Å². The predicted octanol–water partition coefficient (Wildman–Crippen LogP) is 2.39. The molecule has 2 heteroatoms. The molecule has 1 aromatic carbocycles. The van der Waals surface area contributed by atoms with Gasteiger partial charge in [-0.1, -0.05) is 23.8 Å². The minimum absolute atomic E-state index is 0.316. The highest BCUT2D eigenvalue weighted by Gasteiger charge is 2.04. The molecule has 2 nitrogen and oxygen atoms in total. The summed E-state index contributed by atoms with van der Waals surface area (Å²) in [7, 11) is 0.